The predicted molar refractivity (Wildman–Crippen MR) is 128 cm³/mol. The fraction of sp³-hybridized carbons (Fsp3) is 0.391. The van der Waals surface area contributed by atoms with Gasteiger partial charge in [-0.1, -0.05) is 6.07 Å². The molecule has 33 heavy (non-hydrogen) atoms. The second kappa shape index (κ2) is 9.36. The first-order valence-electron chi connectivity index (χ1n) is 10.8. The van der Waals surface area contributed by atoms with Crippen LogP contribution < -0.4 is 15.4 Å². The number of carbonyl (C=O) groups is 2. The number of sulfonamides is 1. The molecule has 176 valence electrons. The number of anilines is 2. The number of amides is 2. The molecule has 0 saturated carbocycles. The lowest BCUT2D eigenvalue weighted by Gasteiger charge is -2.31. The van der Waals surface area contributed by atoms with Gasteiger partial charge in [-0.15, -0.1) is 11.8 Å². The summed E-state index contributed by atoms with van der Waals surface area (Å²) in [6.45, 7) is 4.24. The molecule has 0 aromatic heterocycles. The third-order valence-electron chi connectivity index (χ3n) is 5.96. The Morgan fingerprint density at radius 2 is 1.91 bits per heavy atom. The number of piperidine rings is 1. The van der Waals surface area contributed by atoms with Crippen LogP contribution >= 0.6 is 11.8 Å². The number of methoxy groups -OCH3 is 1. The molecule has 2 aliphatic heterocycles. The van der Waals surface area contributed by atoms with E-state index in [-0.39, 0.29) is 41.0 Å². The number of ether oxygens (including phenoxy) is 1. The molecule has 2 N–H and O–H groups in total. The van der Waals surface area contributed by atoms with Gasteiger partial charge >= 0.3 is 0 Å². The normalized spacial score (nSPS) is 19.5. The number of nitrogens with one attached hydrogen (secondary N) is 2. The smallest absolute Gasteiger partial charge is 0.243 e. The molecule has 2 aliphatic rings. The van der Waals surface area contributed by atoms with E-state index >= 15 is 0 Å². The summed E-state index contributed by atoms with van der Waals surface area (Å²) in [5.41, 5.74) is 2.13. The Bertz CT molecular complexity index is 1190. The molecule has 0 spiro atoms. The first kappa shape index (κ1) is 23.6. The number of nitrogens with zero attached hydrogens (tertiary/aromatic N) is 1. The van der Waals surface area contributed by atoms with Gasteiger partial charge in [0.1, 0.15) is 5.75 Å². The third kappa shape index (κ3) is 4.87. The van der Waals surface area contributed by atoms with Crippen molar-refractivity contribution in [2.45, 2.75) is 41.7 Å². The summed E-state index contributed by atoms with van der Waals surface area (Å²) in [4.78, 5) is 25.8. The highest BCUT2D eigenvalue weighted by Gasteiger charge is 2.33. The van der Waals surface area contributed by atoms with Gasteiger partial charge in [0.2, 0.25) is 21.8 Å². The van der Waals surface area contributed by atoms with Gasteiger partial charge in [-0.25, -0.2) is 8.42 Å². The maximum atomic E-state index is 13.2. The summed E-state index contributed by atoms with van der Waals surface area (Å²) in [6.07, 6.45) is 0.850. The molecular formula is C23H27N3O5S2. The van der Waals surface area contributed by atoms with Crippen molar-refractivity contribution in [1.82, 2.24) is 4.31 Å². The van der Waals surface area contributed by atoms with Gasteiger partial charge in [0, 0.05) is 23.9 Å². The van der Waals surface area contributed by atoms with Crippen LogP contribution in [-0.4, -0.2) is 50.0 Å². The molecule has 0 aliphatic carbocycles. The number of rotatable bonds is 5. The zero-order chi connectivity index (χ0) is 23.8. The molecule has 0 unspecified atom stereocenters. The van der Waals surface area contributed by atoms with Crippen LogP contribution in [0.25, 0.3) is 0 Å². The SMILES string of the molecule is COc1ccc(C)cc1NC(=O)C1CCN(S(=O)(=O)c2ccc3c(c2)NC(=O)[C@@H](C)S3)CC1. The van der Waals surface area contributed by atoms with Gasteiger partial charge in [0.25, 0.3) is 0 Å². The Kier molecular flexibility index (Phi) is 6.69. The largest absolute Gasteiger partial charge is 0.495 e. The molecule has 0 bridgehead atoms. The molecular weight excluding hydrogens is 462 g/mol. The van der Waals surface area contributed by atoms with Gasteiger partial charge < -0.3 is 15.4 Å². The van der Waals surface area contributed by atoms with Crippen LogP contribution in [0.4, 0.5) is 11.4 Å². The van der Waals surface area contributed by atoms with Crippen molar-refractivity contribution in [2.24, 2.45) is 5.92 Å². The van der Waals surface area contributed by atoms with Crippen LogP contribution in [0.2, 0.25) is 0 Å². The molecule has 2 amide bonds. The number of fused-ring (bicyclic) bond motifs is 1. The lowest BCUT2D eigenvalue weighted by Crippen LogP contribution is -2.41. The summed E-state index contributed by atoms with van der Waals surface area (Å²) in [6, 6.07) is 10.4. The fourth-order valence-electron chi connectivity index (χ4n) is 4.01. The molecule has 0 radical (unpaired) electrons. The quantitative estimate of drug-likeness (QED) is 0.666. The highest BCUT2D eigenvalue weighted by atomic mass is 32.2. The van der Waals surface area contributed by atoms with E-state index in [1.54, 1.807) is 25.3 Å². The van der Waals surface area contributed by atoms with E-state index in [4.69, 9.17) is 4.74 Å². The maximum absolute atomic E-state index is 13.2. The molecule has 2 aromatic carbocycles. The van der Waals surface area contributed by atoms with E-state index in [0.717, 1.165) is 10.5 Å². The number of thioether (sulfide) groups is 1. The summed E-state index contributed by atoms with van der Waals surface area (Å²) < 4.78 is 33.1. The van der Waals surface area contributed by atoms with E-state index in [9.17, 15) is 18.0 Å². The van der Waals surface area contributed by atoms with Crippen LogP contribution in [-0.2, 0) is 19.6 Å². The van der Waals surface area contributed by atoms with Crippen LogP contribution in [0.1, 0.15) is 25.3 Å². The van der Waals surface area contributed by atoms with E-state index in [2.05, 4.69) is 10.6 Å². The van der Waals surface area contributed by atoms with Crippen LogP contribution in [0.5, 0.6) is 5.75 Å². The number of hydrogen-bond acceptors (Lipinski definition) is 6. The second-order valence-electron chi connectivity index (χ2n) is 8.28. The summed E-state index contributed by atoms with van der Waals surface area (Å²) in [7, 11) is -2.18. The second-order valence-corrected chi connectivity index (χ2v) is 11.6. The number of hydrogen-bond donors (Lipinski definition) is 2. The lowest BCUT2D eigenvalue weighted by atomic mass is 9.97. The first-order valence-corrected chi connectivity index (χ1v) is 13.1. The average Bonchev–Trinajstić information content (AvgIpc) is 2.79. The van der Waals surface area contributed by atoms with E-state index < -0.39 is 10.0 Å². The molecule has 8 nitrogen and oxygen atoms in total. The highest BCUT2D eigenvalue weighted by Crippen LogP contribution is 2.37. The molecule has 1 saturated heterocycles. The van der Waals surface area contributed by atoms with Crippen LogP contribution in [0.15, 0.2) is 46.2 Å². The monoisotopic (exact) mass is 489 g/mol. The first-order chi connectivity index (χ1) is 15.7. The number of benzene rings is 2. The number of carbonyl (C=O) groups excluding carboxylic acids is 2. The summed E-state index contributed by atoms with van der Waals surface area (Å²) >= 11 is 1.41. The lowest BCUT2D eigenvalue weighted by molar-refractivity contribution is -0.121. The summed E-state index contributed by atoms with van der Waals surface area (Å²) in [5.74, 6) is 0.0149. The maximum Gasteiger partial charge on any atom is 0.243 e. The molecule has 2 aromatic rings. The zero-order valence-electron chi connectivity index (χ0n) is 18.8. The third-order valence-corrected chi connectivity index (χ3v) is 9.03. The minimum atomic E-state index is -3.73. The Morgan fingerprint density at radius 1 is 1.18 bits per heavy atom. The Morgan fingerprint density at radius 3 is 2.61 bits per heavy atom. The molecule has 1 atom stereocenters. The molecule has 2 heterocycles. The van der Waals surface area contributed by atoms with Crippen LogP contribution in [0.3, 0.4) is 0 Å². The molecule has 1 fully saturated rings. The minimum Gasteiger partial charge on any atom is -0.495 e. The van der Waals surface area contributed by atoms with Gasteiger partial charge in [0.15, 0.2) is 0 Å². The van der Waals surface area contributed by atoms with Crippen molar-refractivity contribution in [3.8, 4) is 5.75 Å². The molecule has 4 rings (SSSR count). The highest BCUT2D eigenvalue weighted by molar-refractivity contribution is 8.01. The zero-order valence-corrected chi connectivity index (χ0v) is 20.4. The van der Waals surface area contributed by atoms with E-state index in [1.165, 1.54) is 22.1 Å². The standard InChI is InChI=1S/C23H27N3O5S2/c1-14-4-6-20(31-3)18(12-14)24-23(28)16-8-10-26(11-9-16)33(29,30)17-5-7-21-19(13-17)25-22(27)15(2)32-21/h4-7,12-13,15-16H,8-11H2,1-3H3,(H,24,28)(H,25,27)/t15-/m1/s1. The van der Waals surface area contributed by atoms with Gasteiger partial charge in [0.05, 0.1) is 28.6 Å². The minimum absolute atomic E-state index is 0.140. The average molecular weight is 490 g/mol. The van der Waals surface area contributed by atoms with Crippen molar-refractivity contribution < 1.29 is 22.7 Å². The molecule has 10 heteroatoms. The van der Waals surface area contributed by atoms with Crippen molar-refractivity contribution in [2.75, 3.05) is 30.8 Å². The van der Waals surface area contributed by atoms with Crippen molar-refractivity contribution in [3.63, 3.8) is 0 Å². The van der Waals surface area contributed by atoms with Gasteiger partial charge in [-0.3, -0.25) is 9.59 Å². The Labute approximate surface area is 198 Å². The van der Waals surface area contributed by atoms with Gasteiger partial charge in [-0.05, 0) is 62.6 Å². The van der Waals surface area contributed by atoms with Crippen molar-refractivity contribution in [1.29, 1.82) is 0 Å². The topological polar surface area (TPSA) is 105 Å². The van der Waals surface area contributed by atoms with E-state index in [0.29, 0.717) is 30.0 Å². The van der Waals surface area contributed by atoms with Crippen molar-refractivity contribution >= 4 is 45.0 Å². The predicted octanol–water partition coefficient (Wildman–Crippen LogP) is 3.48. The Hall–Kier alpha value is -2.56. The van der Waals surface area contributed by atoms with Gasteiger partial charge in [-0.2, -0.15) is 4.31 Å². The Balaban J connectivity index is 1.42. The van der Waals surface area contributed by atoms with E-state index in [1.807, 2.05) is 26.0 Å². The van der Waals surface area contributed by atoms with Crippen LogP contribution in [0, 0.1) is 12.8 Å². The number of aryl methyl sites for hydroxylation is 1. The van der Waals surface area contributed by atoms with Crippen molar-refractivity contribution in [3.05, 3.63) is 42.0 Å². The fourth-order valence-corrected chi connectivity index (χ4v) is 6.44. The summed E-state index contributed by atoms with van der Waals surface area (Å²) in [5, 5.41) is 5.48.